The number of carbonyl (C=O) groups is 1. The van der Waals surface area contributed by atoms with Gasteiger partial charge in [-0.2, -0.15) is 0 Å². The fraction of sp³-hybridized carbons (Fsp3) is 0.556. The Hall–Kier alpha value is -2.11. The number of guanidine groups is 1. The smallest absolute Gasteiger partial charge is 0.310 e. The van der Waals surface area contributed by atoms with Gasteiger partial charge in [-0.3, -0.25) is 9.79 Å². The average Bonchev–Trinajstić information content (AvgIpc) is 2.97. The Morgan fingerprint density at radius 1 is 1.38 bits per heavy atom. The number of hydrogen-bond acceptors (Lipinski definition) is 3. The molecule has 6 heteroatoms. The second-order valence-corrected chi connectivity index (χ2v) is 6.12. The molecule has 132 valence electrons. The van der Waals surface area contributed by atoms with E-state index >= 15 is 0 Å². The largest absolute Gasteiger partial charge is 0.469 e. The molecule has 0 aliphatic carbocycles. The van der Waals surface area contributed by atoms with Gasteiger partial charge in [0.25, 0.3) is 0 Å². The van der Waals surface area contributed by atoms with Crippen LogP contribution in [0.5, 0.6) is 0 Å². The summed E-state index contributed by atoms with van der Waals surface area (Å²) in [7, 11) is 1.43. The Kier molecular flexibility index (Phi) is 6.58. The number of nitrogens with one attached hydrogen (secondary N) is 1. The number of ether oxygens (including phenoxy) is 1. The van der Waals surface area contributed by atoms with Gasteiger partial charge in [0.2, 0.25) is 0 Å². The Labute approximate surface area is 142 Å². The third-order valence-electron chi connectivity index (χ3n) is 4.33. The van der Waals surface area contributed by atoms with Crippen LogP contribution >= 0.6 is 0 Å². The quantitative estimate of drug-likeness (QED) is 0.508. The van der Waals surface area contributed by atoms with E-state index in [1.165, 1.54) is 19.2 Å². The van der Waals surface area contributed by atoms with Crippen molar-refractivity contribution >= 4 is 11.9 Å². The van der Waals surface area contributed by atoms with E-state index in [0.29, 0.717) is 13.1 Å². The number of methoxy groups -OCH3 is 1. The van der Waals surface area contributed by atoms with Crippen LogP contribution in [0, 0.1) is 17.7 Å². The van der Waals surface area contributed by atoms with Gasteiger partial charge < -0.3 is 15.0 Å². The van der Waals surface area contributed by atoms with Crippen LogP contribution in [0.1, 0.15) is 19.4 Å². The number of benzene rings is 1. The van der Waals surface area contributed by atoms with Crippen molar-refractivity contribution in [2.45, 2.75) is 20.3 Å². The number of carbonyl (C=O) groups excluding carboxylic acids is 1. The first-order valence-corrected chi connectivity index (χ1v) is 8.40. The molecule has 2 rings (SSSR count). The molecule has 24 heavy (non-hydrogen) atoms. The van der Waals surface area contributed by atoms with E-state index in [2.05, 4.69) is 22.1 Å². The number of likely N-dealkylation sites (tertiary alicyclic amines) is 1. The van der Waals surface area contributed by atoms with Crippen molar-refractivity contribution in [3.8, 4) is 0 Å². The minimum atomic E-state index is -0.226. The van der Waals surface area contributed by atoms with Gasteiger partial charge >= 0.3 is 5.97 Å². The lowest BCUT2D eigenvalue weighted by Crippen LogP contribution is -2.40. The molecule has 0 saturated carbocycles. The number of esters is 1. The highest BCUT2D eigenvalue weighted by Crippen LogP contribution is 2.24. The normalized spacial score (nSPS) is 21.0. The summed E-state index contributed by atoms with van der Waals surface area (Å²) in [5, 5.41) is 3.28. The fourth-order valence-electron chi connectivity index (χ4n) is 2.97. The van der Waals surface area contributed by atoms with Gasteiger partial charge in [0.05, 0.1) is 13.0 Å². The monoisotopic (exact) mass is 335 g/mol. The summed E-state index contributed by atoms with van der Waals surface area (Å²) in [6.45, 7) is 6.86. The summed E-state index contributed by atoms with van der Waals surface area (Å²) in [6, 6.07) is 6.49. The van der Waals surface area contributed by atoms with Crippen molar-refractivity contribution in [2.75, 3.05) is 33.3 Å². The van der Waals surface area contributed by atoms with Crippen molar-refractivity contribution < 1.29 is 13.9 Å². The molecule has 1 N–H and O–H groups in total. The molecule has 0 radical (unpaired) electrons. The lowest BCUT2D eigenvalue weighted by Gasteiger charge is -2.21. The fourth-order valence-corrected chi connectivity index (χ4v) is 2.97. The van der Waals surface area contributed by atoms with E-state index in [-0.39, 0.29) is 23.6 Å². The van der Waals surface area contributed by atoms with Gasteiger partial charge in [-0.05, 0) is 37.0 Å². The molecule has 1 aliphatic heterocycles. The molecule has 2 atom stereocenters. The molecule has 0 spiro atoms. The van der Waals surface area contributed by atoms with E-state index in [1.54, 1.807) is 12.1 Å². The first-order chi connectivity index (χ1) is 11.5. The van der Waals surface area contributed by atoms with Crippen molar-refractivity contribution in [1.29, 1.82) is 0 Å². The SMILES string of the molecule is CCNC(=NCCc1ccc(F)cc1)N1CC(C)C(C(=O)OC)C1. The van der Waals surface area contributed by atoms with E-state index in [0.717, 1.165) is 31.0 Å². The second kappa shape index (κ2) is 8.66. The van der Waals surface area contributed by atoms with Crippen LogP contribution < -0.4 is 5.32 Å². The number of halogens is 1. The molecule has 5 nitrogen and oxygen atoms in total. The third kappa shape index (κ3) is 4.69. The summed E-state index contributed by atoms with van der Waals surface area (Å²) >= 11 is 0. The average molecular weight is 335 g/mol. The van der Waals surface area contributed by atoms with Gasteiger partial charge in [0, 0.05) is 26.2 Å². The summed E-state index contributed by atoms with van der Waals surface area (Å²) in [4.78, 5) is 18.6. The molecule has 0 bridgehead atoms. The van der Waals surface area contributed by atoms with Crippen LogP contribution in [0.4, 0.5) is 4.39 Å². The maximum absolute atomic E-state index is 12.9. The first kappa shape index (κ1) is 18.2. The van der Waals surface area contributed by atoms with Crippen LogP contribution in [0.3, 0.4) is 0 Å². The minimum absolute atomic E-state index is 0.115. The summed E-state index contributed by atoms with van der Waals surface area (Å²) in [6.07, 6.45) is 0.749. The predicted octanol–water partition coefficient (Wildman–Crippen LogP) is 2.07. The van der Waals surface area contributed by atoms with Gasteiger partial charge in [-0.15, -0.1) is 0 Å². The molecule has 1 heterocycles. The van der Waals surface area contributed by atoms with E-state index < -0.39 is 0 Å². The molecule has 0 aromatic heterocycles. The molecule has 1 aromatic rings. The first-order valence-electron chi connectivity index (χ1n) is 8.40. The maximum atomic E-state index is 12.9. The molecule has 1 aliphatic rings. The van der Waals surface area contributed by atoms with Crippen LogP contribution in [0.25, 0.3) is 0 Å². The van der Waals surface area contributed by atoms with Gasteiger partial charge in [-0.1, -0.05) is 19.1 Å². The second-order valence-electron chi connectivity index (χ2n) is 6.12. The Morgan fingerprint density at radius 3 is 2.71 bits per heavy atom. The van der Waals surface area contributed by atoms with Crippen molar-refractivity contribution in [3.05, 3.63) is 35.6 Å². The van der Waals surface area contributed by atoms with Gasteiger partial charge in [0.1, 0.15) is 5.82 Å². The van der Waals surface area contributed by atoms with Crippen LogP contribution in [-0.2, 0) is 16.0 Å². The Bertz CT molecular complexity index is 574. The van der Waals surface area contributed by atoms with E-state index in [4.69, 9.17) is 4.74 Å². The summed E-state index contributed by atoms with van der Waals surface area (Å²) in [5.74, 6) is 0.551. The van der Waals surface area contributed by atoms with E-state index in [9.17, 15) is 9.18 Å². The van der Waals surface area contributed by atoms with Crippen molar-refractivity contribution in [3.63, 3.8) is 0 Å². The van der Waals surface area contributed by atoms with Gasteiger partial charge in [-0.25, -0.2) is 4.39 Å². The van der Waals surface area contributed by atoms with Crippen molar-refractivity contribution in [2.24, 2.45) is 16.8 Å². The maximum Gasteiger partial charge on any atom is 0.310 e. The Morgan fingerprint density at radius 2 is 2.08 bits per heavy atom. The van der Waals surface area contributed by atoms with E-state index in [1.807, 2.05) is 6.92 Å². The van der Waals surface area contributed by atoms with Gasteiger partial charge in [0.15, 0.2) is 5.96 Å². The summed E-state index contributed by atoms with van der Waals surface area (Å²) < 4.78 is 17.8. The topological polar surface area (TPSA) is 53.9 Å². The molecule has 1 fully saturated rings. The number of aliphatic imine (C=N–C) groups is 1. The van der Waals surface area contributed by atoms with Crippen molar-refractivity contribution in [1.82, 2.24) is 10.2 Å². The Balaban J connectivity index is 1.98. The molecular formula is C18H26FN3O2. The third-order valence-corrected chi connectivity index (χ3v) is 4.33. The predicted molar refractivity (Wildman–Crippen MR) is 92.3 cm³/mol. The van der Waals surface area contributed by atoms with Crippen LogP contribution in [-0.4, -0.2) is 50.1 Å². The highest BCUT2D eigenvalue weighted by molar-refractivity contribution is 5.82. The molecule has 1 aromatic carbocycles. The molecular weight excluding hydrogens is 309 g/mol. The lowest BCUT2D eigenvalue weighted by atomic mass is 9.99. The molecule has 1 saturated heterocycles. The minimum Gasteiger partial charge on any atom is -0.469 e. The highest BCUT2D eigenvalue weighted by Gasteiger charge is 2.36. The lowest BCUT2D eigenvalue weighted by molar-refractivity contribution is -0.145. The molecule has 2 unspecified atom stereocenters. The zero-order valence-corrected chi connectivity index (χ0v) is 14.6. The molecule has 0 amide bonds. The summed E-state index contributed by atoms with van der Waals surface area (Å²) in [5.41, 5.74) is 1.05. The van der Waals surface area contributed by atoms with Crippen LogP contribution in [0.2, 0.25) is 0 Å². The van der Waals surface area contributed by atoms with Crippen LogP contribution in [0.15, 0.2) is 29.3 Å². The number of rotatable bonds is 5. The zero-order chi connectivity index (χ0) is 17.5. The highest BCUT2D eigenvalue weighted by atomic mass is 19.1. The number of hydrogen-bond donors (Lipinski definition) is 1. The zero-order valence-electron chi connectivity index (χ0n) is 14.6. The number of nitrogens with zero attached hydrogens (tertiary/aromatic N) is 2. The standard InChI is InChI=1S/C18H26FN3O2/c1-4-20-18(21-10-9-14-5-7-15(19)8-6-14)22-11-13(2)16(12-22)17(23)24-3/h5-8,13,16H,4,9-12H2,1-3H3,(H,20,21).